The van der Waals surface area contributed by atoms with E-state index in [4.69, 9.17) is 0 Å². The highest BCUT2D eigenvalue weighted by atomic mass is 15.4. The van der Waals surface area contributed by atoms with E-state index in [2.05, 4.69) is 33.3 Å². The molecule has 0 bridgehead atoms. The fraction of sp³-hybridized carbons (Fsp3) is 0.364. The minimum atomic E-state index is 0.793. The molecule has 1 heterocycles. The van der Waals surface area contributed by atoms with E-state index in [-0.39, 0.29) is 0 Å². The van der Waals surface area contributed by atoms with Crippen molar-refractivity contribution in [3.63, 3.8) is 0 Å². The van der Waals surface area contributed by atoms with E-state index in [1.165, 1.54) is 5.56 Å². The normalized spacial score (nSPS) is 15.3. The van der Waals surface area contributed by atoms with Gasteiger partial charge in [0.25, 0.3) is 0 Å². The van der Waals surface area contributed by atoms with Crippen LogP contribution in [0.25, 0.3) is 0 Å². The van der Waals surface area contributed by atoms with E-state index in [1.807, 2.05) is 18.2 Å². The lowest BCUT2D eigenvalue weighted by molar-refractivity contribution is 0.610. The number of aliphatic imine (C=N–C) groups is 1. The maximum Gasteiger partial charge on any atom is 0.205 e. The van der Waals surface area contributed by atoms with Crippen LogP contribution in [0, 0.1) is 0 Å². The first kappa shape index (κ1) is 9.98. The molecule has 3 N–H and O–H groups in total. The number of nitrogens with one attached hydrogen (secondary N) is 3. The zero-order valence-electron chi connectivity index (χ0n) is 8.66. The van der Waals surface area contributed by atoms with Crippen LogP contribution in [0.1, 0.15) is 12.0 Å². The maximum absolute atomic E-state index is 4.29. The Labute approximate surface area is 89.8 Å². The Hall–Kier alpha value is -1.55. The molecule has 80 valence electrons. The Bertz CT molecular complexity index is 321. The number of hydrogen-bond donors (Lipinski definition) is 3. The van der Waals surface area contributed by atoms with E-state index in [1.54, 1.807) is 0 Å². The second-order valence-corrected chi connectivity index (χ2v) is 3.47. The van der Waals surface area contributed by atoms with Crippen molar-refractivity contribution in [2.75, 3.05) is 13.1 Å². The van der Waals surface area contributed by atoms with Crippen molar-refractivity contribution >= 4 is 5.96 Å². The Kier molecular flexibility index (Phi) is 3.57. The summed E-state index contributed by atoms with van der Waals surface area (Å²) in [5, 5.41) is 3.18. The van der Waals surface area contributed by atoms with Gasteiger partial charge in [0.1, 0.15) is 0 Å². The Morgan fingerprint density at radius 3 is 2.87 bits per heavy atom. The summed E-state index contributed by atoms with van der Waals surface area (Å²) in [4.78, 5) is 4.29. The third-order valence-electron chi connectivity index (χ3n) is 2.24. The smallest absolute Gasteiger partial charge is 0.205 e. The molecule has 4 nitrogen and oxygen atoms in total. The average molecular weight is 204 g/mol. The largest absolute Gasteiger partial charge is 0.355 e. The number of hydrazine groups is 1. The van der Waals surface area contributed by atoms with Crippen LogP contribution in [-0.4, -0.2) is 19.0 Å². The summed E-state index contributed by atoms with van der Waals surface area (Å²) >= 11 is 0. The Morgan fingerprint density at radius 2 is 2.13 bits per heavy atom. The molecule has 4 heteroatoms. The lowest BCUT2D eigenvalue weighted by Gasteiger charge is -2.16. The van der Waals surface area contributed by atoms with Gasteiger partial charge in [0.05, 0.1) is 0 Å². The van der Waals surface area contributed by atoms with E-state index in [0.717, 1.165) is 32.0 Å². The van der Waals surface area contributed by atoms with Gasteiger partial charge in [-0.25, -0.2) is 5.43 Å². The first-order valence-electron chi connectivity index (χ1n) is 5.26. The number of benzene rings is 1. The fourth-order valence-electron chi connectivity index (χ4n) is 1.44. The van der Waals surface area contributed by atoms with Crippen molar-refractivity contribution < 1.29 is 0 Å². The topological polar surface area (TPSA) is 48.5 Å². The summed E-state index contributed by atoms with van der Waals surface area (Å²) in [6.45, 7) is 2.70. The van der Waals surface area contributed by atoms with Gasteiger partial charge in [0.15, 0.2) is 0 Å². The van der Waals surface area contributed by atoms with Gasteiger partial charge >= 0.3 is 0 Å². The molecule has 1 aromatic rings. The van der Waals surface area contributed by atoms with Crippen molar-refractivity contribution in [3.8, 4) is 0 Å². The van der Waals surface area contributed by atoms with E-state index in [9.17, 15) is 0 Å². The third kappa shape index (κ3) is 3.25. The lowest BCUT2D eigenvalue weighted by Crippen LogP contribution is -2.47. The predicted octanol–water partition coefficient (Wildman–Crippen LogP) is 0.630. The van der Waals surface area contributed by atoms with Gasteiger partial charge < -0.3 is 5.32 Å². The van der Waals surface area contributed by atoms with Crippen molar-refractivity contribution in [3.05, 3.63) is 35.9 Å². The molecule has 0 fully saturated rings. The zero-order valence-corrected chi connectivity index (χ0v) is 8.66. The van der Waals surface area contributed by atoms with E-state index >= 15 is 0 Å². The Balaban J connectivity index is 1.73. The van der Waals surface area contributed by atoms with Gasteiger partial charge in [0.2, 0.25) is 5.96 Å². The molecule has 0 aliphatic carbocycles. The molecule has 0 radical (unpaired) electrons. The number of rotatable bonds is 3. The van der Waals surface area contributed by atoms with Crippen LogP contribution >= 0.6 is 0 Å². The molecule has 1 aliphatic heterocycles. The van der Waals surface area contributed by atoms with Crippen LogP contribution in [0.4, 0.5) is 0 Å². The molecular formula is C11H16N4. The summed E-state index contributed by atoms with van der Waals surface area (Å²) in [5.74, 6) is 0.845. The van der Waals surface area contributed by atoms with Crippen LogP contribution in [0.2, 0.25) is 0 Å². The summed E-state index contributed by atoms with van der Waals surface area (Å²) < 4.78 is 0. The molecule has 0 amide bonds. The predicted molar refractivity (Wildman–Crippen MR) is 61.3 cm³/mol. The molecule has 0 saturated carbocycles. The number of hydrogen-bond acceptors (Lipinski definition) is 4. The van der Waals surface area contributed by atoms with Gasteiger partial charge in [-0.1, -0.05) is 30.3 Å². The molecule has 0 unspecified atom stereocenters. The molecule has 1 aromatic carbocycles. The quantitative estimate of drug-likeness (QED) is 0.633. The van der Waals surface area contributed by atoms with Gasteiger partial charge in [-0.2, -0.15) is 0 Å². The van der Waals surface area contributed by atoms with Crippen LogP contribution in [-0.2, 0) is 6.54 Å². The summed E-state index contributed by atoms with van der Waals surface area (Å²) in [6, 6.07) is 10.3. The van der Waals surface area contributed by atoms with Crippen LogP contribution in [0.15, 0.2) is 35.3 Å². The van der Waals surface area contributed by atoms with Crippen molar-refractivity contribution in [2.45, 2.75) is 13.0 Å². The van der Waals surface area contributed by atoms with Gasteiger partial charge in [0, 0.05) is 19.6 Å². The van der Waals surface area contributed by atoms with Gasteiger partial charge in [-0.05, 0) is 12.0 Å². The second kappa shape index (κ2) is 5.36. The Morgan fingerprint density at radius 1 is 1.27 bits per heavy atom. The minimum absolute atomic E-state index is 0.793. The lowest BCUT2D eigenvalue weighted by atomic mass is 10.2. The monoisotopic (exact) mass is 204 g/mol. The fourth-order valence-corrected chi connectivity index (χ4v) is 1.44. The summed E-state index contributed by atoms with van der Waals surface area (Å²) in [6.07, 6.45) is 1.11. The first-order valence-corrected chi connectivity index (χ1v) is 5.26. The first-order chi connectivity index (χ1) is 7.45. The second-order valence-electron chi connectivity index (χ2n) is 3.47. The maximum atomic E-state index is 4.29. The van der Waals surface area contributed by atoms with Crippen molar-refractivity contribution in [1.82, 2.24) is 16.2 Å². The minimum Gasteiger partial charge on any atom is -0.355 e. The molecule has 0 aromatic heterocycles. The summed E-state index contributed by atoms with van der Waals surface area (Å²) in [5.41, 5.74) is 7.44. The standard InChI is InChI=1S/C11H16N4/c1-2-5-10(6-3-1)9-14-15-11-12-7-4-8-13-11/h1-3,5-6,14H,4,7-9H2,(H2,12,13,15). The van der Waals surface area contributed by atoms with Crippen molar-refractivity contribution in [2.24, 2.45) is 4.99 Å². The number of nitrogens with zero attached hydrogens (tertiary/aromatic N) is 1. The van der Waals surface area contributed by atoms with E-state index in [0.29, 0.717) is 0 Å². The average Bonchev–Trinajstić information content (AvgIpc) is 2.32. The molecule has 0 atom stereocenters. The summed E-state index contributed by atoms with van der Waals surface area (Å²) in [7, 11) is 0. The van der Waals surface area contributed by atoms with Crippen LogP contribution in [0.3, 0.4) is 0 Å². The number of guanidine groups is 1. The highest BCUT2D eigenvalue weighted by Crippen LogP contribution is 1.96. The SMILES string of the molecule is c1ccc(CNNC2=NCCCN2)cc1. The van der Waals surface area contributed by atoms with Crippen molar-refractivity contribution in [1.29, 1.82) is 0 Å². The molecular weight excluding hydrogens is 188 g/mol. The molecule has 1 aliphatic rings. The third-order valence-corrected chi connectivity index (χ3v) is 2.24. The highest BCUT2D eigenvalue weighted by Gasteiger charge is 2.01. The van der Waals surface area contributed by atoms with Crippen LogP contribution in [0.5, 0.6) is 0 Å². The van der Waals surface area contributed by atoms with Gasteiger partial charge in [-0.3, -0.25) is 10.4 Å². The van der Waals surface area contributed by atoms with Crippen LogP contribution < -0.4 is 16.2 Å². The molecule has 0 spiro atoms. The zero-order chi connectivity index (χ0) is 10.3. The van der Waals surface area contributed by atoms with E-state index < -0.39 is 0 Å². The molecule has 0 saturated heterocycles. The molecule has 15 heavy (non-hydrogen) atoms. The molecule has 2 rings (SSSR count). The van der Waals surface area contributed by atoms with Gasteiger partial charge in [-0.15, -0.1) is 0 Å². The highest BCUT2D eigenvalue weighted by molar-refractivity contribution is 5.79.